The Balaban J connectivity index is 1.98. The Morgan fingerprint density at radius 2 is 1.56 bits per heavy atom. The summed E-state index contributed by atoms with van der Waals surface area (Å²) >= 11 is 0. The molecule has 1 aromatic heterocycles. The maximum Gasteiger partial charge on any atom is 0.150 e. The molecule has 4 nitrogen and oxygen atoms in total. The molecular weight excluding hydrogens is 224 g/mol. The van der Waals surface area contributed by atoms with Gasteiger partial charge in [0.15, 0.2) is 5.82 Å². The Morgan fingerprint density at radius 1 is 0.944 bits per heavy atom. The highest BCUT2D eigenvalue weighted by atomic mass is 15.3. The van der Waals surface area contributed by atoms with E-state index in [9.17, 15) is 0 Å². The normalized spacial score (nSPS) is 17.3. The quantitative estimate of drug-likeness (QED) is 0.762. The highest BCUT2D eigenvalue weighted by Crippen LogP contribution is 2.20. The van der Waals surface area contributed by atoms with Crippen molar-refractivity contribution in [3.63, 3.8) is 0 Å². The van der Waals surface area contributed by atoms with Crippen molar-refractivity contribution in [3.05, 3.63) is 30.0 Å². The fourth-order valence-corrected chi connectivity index (χ4v) is 2.40. The Bertz CT molecular complexity index is 559. The maximum absolute atomic E-state index is 4.77. The van der Waals surface area contributed by atoms with Gasteiger partial charge in [-0.1, -0.05) is 12.1 Å². The Kier molecular flexibility index (Phi) is 2.88. The van der Waals surface area contributed by atoms with Gasteiger partial charge in [-0.05, 0) is 26.1 Å². The van der Waals surface area contributed by atoms with E-state index in [1.165, 1.54) is 0 Å². The van der Waals surface area contributed by atoms with E-state index in [1.54, 1.807) is 0 Å². The molecule has 94 valence electrons. The molecule has 0 radical (unpaired) electrons. The number of fused-ring (bicyclic) bond motifs is 1. The molecule has 1 aromatic carbocycles. The highest BCUT2D eigenvalue weighted by Gasteiger charge is 2.18. The summed E-state index contributed by atoms with van der Waals surface area (Å²) in [6.07, 6.45) is 0. The van der Waals surface area contributed by atoms with Crippen LogP contribution in [-0.4, -0.2) is 48.1 Å². The van der Waals surface area contributed by atoms with Gasteiger partial charge in [0.2, 0.25) is 0 Å². The molecule has 2 aromatic rings. The lowest BCUT2D eigenvalue weighted by Crippen LogP contribution is -2.45. The fraction of sp³-hybridized carbons (Fsp3) is 0.429. The number of para-hydroxylation sites is 2. The van der Waals surface area contributed by atoms with Gasteiger partial charge >= 0.3 is 0 Å². The largest absolute Gasteiger partial charge is 0.353 e. The van der Waals surface area contributed by atoms with Crippen molar-refractivity contribution in [1.82, 2.24) is 14.9 Å². The molecule has 1 saturated heterocycles. The van der Waals surface area contributed by atoms with E-state index < -0.39 is 0 Å². The van der Waals surface area contributed by atoms with Gasteiger partial charge in [0.05, 0.1) is 16.7 Å². The topological polar surface area (TPSA) is 32.3 Å². The molecule has 4 heteroatoms. The molecule has 1 aliphatic heterocycles. The molecule has 0 aliphatic carbocycles. The number of hydrogen-bond donors (Lipinski definition) is 0. The van der Waals surface area contributed by atoms with E-state index in [2.05, 4.69) is 21.8 Å². The second-order valence-electron chi connectivity index (χ2n) is 4.91. The molecule has 0 N–H and O–H groups in total. The number of anilines is 1. The van der Waals surface area contributed by atoms with Crippen LogP contribution in [0.2, 0.25) is 0 Å². The van der Waals surface area contributed by atoms with Gasteiger partial charge in [0, 0.05) is 26.2 Å². The molecule has 1 aliphatic rings. The molecule has 0 bridgehead atoms. The first-order valence-electron chi connectivity index (χ1n) is 6.41. The summed E-state index contributed by atoms with van der Waals surface area (Å²) in [6.45, 7) is 6.30. The molecule has 18 heavy (non-hydrogen) atoms. The molecular formula is C14H18N4. The van der Waals surface area contributed by atoms with Crippen LogP contribution in [-0.2, 0) is 0 Å². The first-order valence-corrected chi connectivity index (χ1v) is 6.41. The van der Waals surface area contributed by atoms with Crippen LogP contribution in [0.15, 0.2) is 24.3 Å². The van der Waals surface area contributed by atoms with Crippen LogP contribution in [0, 0.1) is 6.92 Å². The third kappa shape index (κ3) is 2.04. The summed E-state index contributed by atoms with van der Waals surface area (Å²) in [5.74, 6) is 1.04. The van der Waals surface area contributed by atoms with E-state index in [-0.39, 0.29) is 0 Å². The summed E-state index contributed by atoms with van der Waals surface area (Å²) in [7, 11) is 2.16. The number of piperazine rings is 1. The van der Waals surface area contributed by atoms with Crippen LogP contribution >= 0.6 is 0 Å². The number of aromatic nitrogens is 2. The molecule has 1 fully saturated rings. The number of benzene rings is 1. The second-order valence-corrected chi connectivity index (χ2v) is 4.91. The van der Waals surface area contributed by atoms with E-state index in [4.69, 9.17) is 4.98 Å². The number of likely N-dealkylation sites (N-methyl/N-ethyl adjacent to an activating group) is 1. The van der Waals surface area contributed by atoms with Gasteiger partial charge in [0.1, 0.15) is 0 Å². The summed E-state index contributed by atoms with van der Waals surface area (Å²) in [5, 5.41) is 0. The van der Waals surface area contributed by atoms with E-state index >= 15 is 0 Å². The van der Waals surface area contributed by atoms with Crippen molar-refractivity contribution in [3.8, 4) is 0 Å². The fourth-order valence-electron chi connectivity index (χ4n) is 2.40. The van der Waals surface area contributed by atoms with Crippen molar-refractivity contribution in [2.24, 2.45) is 0 Å². The van der Waals surface area contributed by atoms with Gasteiger partial charge < -0.3 is 9.80 Å². The third-order valence-corrected chi connectivity index (χ3v) is 3.52. The number of aryl methyl sites for hydroxylation is 1. The van der Waals surface area contributed by atoms with E-state index in [0.29, 0.717) is 0 Å². The van der Waals surface area contributed by atoms with Gasteiger partial charge in [-0.3, -0.25) is 0 Å². The summed E-state index contributed by atoms with van der Waals surface area (Å²) in [6, 6.07) is 8.07. The van der Waals surface area contributed by atoms with Gasteiger partial charge in [-0.2, -0.15) is 0 Å². The minimum Gasteiger partial charge on any atom is -0.353 e. The minimum absolute atomic E-state index is 0.980. The Morgan fingerprint density at radius 3 is 2.22 bits per heavy atom. The zero-order valence-electron chi connectivity index (χ0n) is 10.9. The van der Waals surface area contributed by atoms with Crippen molar-refractivity contribution < 1.29 is 0 Å². The van der Waals surface area contributed by atoms with Crippen LogP contribution in [0.1, 0.15) is 5.69 Å². The number of hydrogen-bond acceptors (Lipinski definition) is 4. The first-order chi connectivity index (χ1) is 8.74. The average molecular weight is 242 g/mol. The standard InChI is InChI=1S/C14H18N4/c1-11-14(18-9-7-17(2)8-10-18)16-13-6-4-3-5-12(13)15-11/h3-6H,7-10H2,1-2H3. The van der Waals surface area contributed by atoms with Crippen LogP contribution < -0.4 is 4.90 Å². The smallest absolute Gasteiger partial charge is 0.150 e. The lowest BCUT2D eigenvalue weighted by atomic mass is 10.2. The van der Waals surface area contributed by atoms with Crippen LogP contribution in [0.25, 0.3) is 11.0 Å². The molecule has 2 heterocycles. The molecule has 0 saturated carbocycles. The minimum atomic E-state index is 0.980. The number of rotatable bonds is 1. The number of nitrogens with zero attached hydrogens (tertiary/aromatic N) is 4. The van der Waals surface area contributed by atoms with Crippen LogP contribution in [0.4, 0.5) is 5.82 Å². The lowest BCUT2D eigenvalue weighted by Gasteiger charge is -2.33. The first kappa shape index (κ1) is 11.4. The van der Waals surface area contributed by atoms with Crippen molar-refractivity contribution in [1.29, 1.82) is 0 Å². The zero-order chi connectivity index (χ0) is 12.5. The Hall–Kier alpha value is -1.68. The average Bonchev–Trinajstić information content (AvgIpc) is 2.39. The van der Waals surface area contributed by atoms with Crippen LogP contribution in [0.3, 0.4) is 0 Å². The lowest BCUT2D eigenvalue weighted by molar-refractivity contribution is 0.312. The predicted molar refractivity (Wildman–Crippen MR) is 74.0 cm³/mol. The molecule has 0 spiro atoms. The predicted octanol–water partition coefficient (Wildman–Crippen LogP) is 1.69. The van der Waals surface area contributed by atoms with Crippen molar-refractivity contribution in [2.75, 3.05) is 38.1 Å². The second kappa shape index (κ2) is 4.53. The summed E-state index contributed by atoms with van der Waals surface area (Å²) in [5.41, 5.74) is 2.99. The molecule has 0 amide bonds. The van der Waals surface area contributed by atoms with Gasteiger partial charge in [-0.15, -0.1) is 0 Å². The van der Waals surface area contributed by atoms with E-state index in [0.717, 1.165) is 48.7 Å². The van der Waals surface area contributed by atoms with Gasteiger partial charge in [0.25, 0.3) is 0 Å². The monoisotopic (exact) mass is 242 g/mol. The molecule has 0 atom stereocenters. The Labute approximate surface area is 107 Å². The van der Waals surface area contributed by atoms with Crippen LogP contribution in [0.5, 0.6) is 0 Å². The summed E-state index contributed by atoms with van der Waals surface area (Å²) < 4.78 is 0. The van der Waals surface area contributed by atoms with Crippen molar-refractivity contribution in [2.45, 2.75) is 6.92 Å². The van der Waals surface area contributed by atoms with E-state index in [1.807, 2.05) is 31.2 Å². The maximum atomic E-state index is 4.77. The van der Waals surface area contributed by atoms with Crippen molar-refractivity contribution >= 4 is 16.9 Å². The zero-order valence-corrected chi connectivity index (χ0v) is 10.9. The molecule has 3 rings (SSSR count). The highest BCUT2D eigenvalue weighted by molar-refractivity contribution is 5.76. The summed E-state index contributed by atoms with van der Waals surface area (Å²) in [4.78, 5) is 14.1. The van der Waals surface area contributed by atoms with Gasteiger partial charge in [-0.25, -0.2) is 9.97 Å². The molecule has 0 unspecified atom stereocenters. The SMILES string of the molecule is Cc1nc2ccccc2nc1N1CCN(C)CC1. The third-order valence-electron chi connectivity index (χ3n) is 3.52.